The third kappa shape index (κ3) is 17.1. The molecular weight excluding hydrogens is 296 g/mol. The molecule has 5 N–H and O–H groups in total. The molecule has 0 saturated carbocycles. The Balaban J connectivity index is 0. The van der Waals surface area contributed by atoms with Crippen molar-refractivity contribution in [2.75, 3.05) is 13.2 Å². The minimum Gasteiger partial charge on any atom is -0.480 e. The molecule has 0 heterocycles. The van der Waals surface area contributed by atoms with Crippen molar-refractivity contribution >= 4 is 11.9 Å². The molecule has 0 amide bonds. The third-order valence-corrected chi connectivity index (χ3v) is 3.60. The third-order valence-electron chi connectivity index (χ3n) is 3.60. The van der Waals surface area contributed by atoms with E-state index >= 15 is 0 Å². The number of aliphatic carboxylic acids is 1. The number of carbonyl (C=O) groups is 2. The molecule has 0 aliphatic heterocycles. The lowest BCUT2D eigenvalue weighted by Crippen LogP contribution is -2.29. The van der Waals surface area contributed by atoms with E-state index in [2.05, 4.69) is 13.8 Å². The first-order valence-corrected chi connectivity index (χ1v) is 8.76. The van der Waals surface area contributed by atoms with E-state index in [9.17, 15) is 9.59 Å². The Morgan fingerprint density at radius 1 is 1.09 bits per heavy atom. The number of hydrogen-bond acceptors (Lipinski definition) is 5. The fourth-order valence-corrected chi connectivity index (χ4v) is 1.84. The van der Waals surface area contributed by atoms with Gasteiger partial charge in [-0.3, -0.25) is 9.59 Å². The van der Waals surface area contributed by atoms with Gasteiger partial charge in [0.25, 0.3) is 0 Å². The maximum atomic E-state index is 10.9. The van der Waals surface area contributed by atoms with Crippen molar-refractivity contribution in [2.45, 2.75) is 78.2 Å². The average molecular weight is 332 g/mol. The number of ether oxygens (including phenoxy) is 1. The van der Waals surface area contributed by atoms with Crippen molar-refractivity contribution in [1.29, 1.82) is 0 Å². The molecule has 0 aromatic heterocycles. The van der Waals surface area contributed by atoms with Gasteiger partial charge in [-0.1, -0.05) is 46.5 Å². The lowest BCUT2D eigenvalue weighted by atomic mass is 10.0. The van der Waals surface area contributed by atoms with Crippen molar-refractivity contribution in [3.05, 3.63) is 0 Å². The number of rotatable bonds is 12. The first-order valence-electron chi connectivity index (χ1n) is 8.76. The van der Waals surface area contributed by atoms with Crippen molar-refractivity contribution in [3.63, 3.8) is 0 Å². The molecule has 0 spiro atoms. The van der Waals surface area contributed by atoms with Crippen LogP contribution < -0.4 is 11.5 Å². The van der Waals surface area contributed by atoms with Crippen LogP contribution in [0.5, 0.6) is 0 Å². The highest BCUT2D eigenvalue weighted by Gasteiger charge is 2.09. The second-order valence-electron chi connectivity index (χ2n) is 5.68. The molecule has 6 heteroatoms. The summed E-state index contributed by atoms with van der Waals surface area (Å²) in [6, 6.07) is -0.716. The van der Waals surface area contributed by atoms with Crippen LogP contribution in [0.3, 0.4) is 0 Å². The quantitative estimate of drug-likeness (QED) is 0.374. The molecule has 0 aromatic carbocycles. The van der Waals surface area contributed by atoms with Gasteiger partial charge in [0.15, 0.2) is 0 Å². The lowest BCUT2D eigenvalue weighted by Gasteiger charge is -2.13. The highest BCUT2D eigenvalue weighted by molar-refractivity contribution is 5.72. The number of unbranched alkanes of at least 4 members (excludes halogenated alkanes) is 2. The van der Waals surface area contributed by atoms with Crippen LogP contribution in [0, 0.1) is 5.92 Å². The van der Waals surface area contributed by atoms with Gasteiger partial charge in [0.1, 0.15) is 6.04 Å². The Hall–Kier alpha value is -1.14. The molecule has 2 atom stereocenters. The number of carboxylic acids is 1. The summed E-state index contributed by atoms with van der Waals surface area (Å²) >= 11 is 0. The van der Waals surface area contributed by atoms with Gasteiger partial charge >= 0.3 is 11.9 Å². The number of esters is 1. The van der Waals surface area contributed by atoms with E-state index in [-0.39, 0.29) is 5.97 Å². The number of carboxylic acid groups (broad SMARTS) is 1. The van der Waals surface area contributed by atoms with E-state index in [1.54, 1.807) is 0 Å². The Bertz CT molecular complexity index is 298. The van der Waals surface area contributed by atoms with Crippen molar-refractivity contribution < 1.29 is 19.4 Å². The predicted molar refractivity (Wildman–Crippen MR) is 93.1 cm³/mol. The summed E-state index contributed by atoms with van der Waals surface area (Å²) in [6.07, 6.45) is 7.41. The van der Waals surface area contributed by atoms with Crippen LogP contribution in [0.4, 0.5) is 0 Å². The summed E-state index contributed by atoms with van der Waals surface area (Å²) in [5, 5.41) is 8.33. The van der Waals surface area contributed by atoms with Crippen LogP contribution in [0.1, 0.15) is 72.1 Å². The number of nitrogens with two attached hydrogens (primary N) is 2. The Kier molecular flexibility index (Phi) is 18.1. The minimum absolute atomic E-state index is 0.0741. The van der Waals surface area contributed by atoms with Crippen LogP contribution in [0.15, 0.2) is 0 Å². The zero-order valence-corrected chi connectivity index (χ0v) is 15.1. The van der Waals surface area contributed by atoms with Gasteiger partial charge in [-0.2, -0.15) is 0 Å². The summed E-state index contributed by atoms with van der Waals surface area (Å²) in [5.74, 6) is -0.442. The summed E-state index contributed by atoms with van der Waals surface area (Å²) in [6.45, 7) is 7.38. The normalized spacial score (nSPS) is 12.7. The Morgan fingerprint density at radius 3 is 2.17 bits per heavy atom. The second kappa shape index (κ2) is 17.2. The van der Waals surface area contributed by atoms with Crippen molar-refractivity contribution in [2.24, 2.45) is 17.4 Å². The molecular formula is C17H36N2O4. The average Bonchev–Trinajstić information content (AvgIpc) is 2.55. The molecule has 0 fully saturated rings. The number of carbonyl (C=O) groups excluding carboxylic acids is 1. The van der Waals surface area contributed by atoms with Crippen molar-refractivity contribution in [1.82, 2.24) is 0 Å². The van der Waals surface area contributed by atoms with E-state index in [4.69, 9.17) is 21.3 Å². The maximum Gasteiger partial charge on any atom is 0.320 e. The van der Waals surface area contributed by atoms with Gasteiger partial charge in [0.05, 0.1) is 6.61 Å². The lowest BCUT2D eigenvalue weighted by molar-refractivity contribution is -0.144. The van der Waals surface area contributed by atoms with E-state index in [1.165, 1.54) is 19.3 Å². The molecule has 0 saturated heterocycles. The van der Waals surface area contributed by atoms with E-state index in [0.29, 0.717) is 31.9 Å². The first-order chi connectivity index (χ1) is 10.9. The van der Waals surface area contributed by atoms with Crippen LogP contribution in [0.2, 0.25) is 0 Å². The van der Waals surface area contributed by atoms with E-state index < -0.39 is 12.0 Å². The summed E-state index contributed by atoms with van der Waals surface area (Å²) in [4.78, 5) is 21.0. The highest BCUT2D eigenvalue weighted by Crippen LogP contribution is 2.12. The predicted octanol–water partition coefficient (Wildman–Crippen LogP) is 2.68. The molecule has 0 bridgehead atoms. The summed E-state index contributed by atoms with van der Waals surface area (Å²) in [5.41, 5.74) is 10.4. The Morgan fingerprint density at radius 2 is 1.74 bits per heavy atom. The van der Waals surface area contributed by atoms with E-state index in [1.807, 2.05) is 6.92 Å². The van der Waals surface area contributed by atoms with Crippen LogP contribution in [-0.2, 0) is 14.3 Å². The Labute approximate surface area is 140 Å². The molecule has 0 aromatic rings. The monoisotopic (exact) mass is 332 g/mol. The van der Waals surface area contributed by atoms with Gasteiger partial charge < -0.3 is 21.3 Å². The topological polar surface area (TPSA) is 116 Å². The molecule has 0 aliphatic rings. The van der Waals surface area contributed by atoms with Gasteiger partial charge in [-0.25, -0.2) is 0 Å². The summed E-state index contributed by atoms with van der Waals surface area (Å²) < 4.78 is 5.10. The van der Waals surface area contributed by atoms with Gasteiger partial charge in [-0.05, 0) is 31.7 Å². The second-order valence-corrected chi connectivity index (χ2v) is 5.68. The number of hydrogen-bond donors (Lipinski definition) is 3. The maximum absolute atomic E-state index is 10.9. The SMILES string of the molecule is CCCCC(CC)COC(=O)CC.NCCCCC(N)C(=O)O. The zero-order chi connectivity index (χ0) is 18.1. The standard InChI is InChI=1S/C11H22O2.C6H14N2O2/c1-4-7-8-10(5-2)9-13-11(12)6-3;7-4-2-1-3-5(8)6(9)10/h10H,4-9H2,1-3H3;5H,1-4,7-8H2,(H,9,10). The molecule has 6 nitrogen and oxygen atoms in total. The van der Waals surface area contributed by atoms with Crippen LogP contribution in [-0.4, -0.2) is 36.2 Å². The minimum atomic E-state index is -0.933. The molecule has 0 rings (SSSR count). The molecule has 138 valence electrons. The largest absolute Gasteiger partial charge is 0.480 e. The van der Waals surface area contributed by atoms with Gasteiger partial charge in [-0.15, -0.1) is 0 Å². The molecule has 23 heavy (non-hydrogen) atoms. The highest BCUT2D eigenvalue weighted by atomic mass is 16.5. The smallest absolute Gasteiger partial charge is 0.320 e. The van der Waals surface area contributed by atoms with Crippen LogP contribution >= 0.6 is 0 Å². The van der Waals surface area contributed by atoms with Crippen LogP contribution in [0.25, 0.3) is 0 Å². The zero-order valence-electron chi connectivity index (χ0n) is 15.1. The molecule has 0 radical (unpaired) electrons. The van der Waals surface area contributed by atoms with Gasteiger partial charge in [0.2, 0.25) is 0 Å². The summed E-state index contributed by atoms with van der Waals surface area (Å²) in [7, 11) is 0. The van der Waals surface area contributed by atoms with E-state index in [0.717, 1.165) is 19.3 Å². The van der Waals surface area contributed by atoms with Gasteiger partial charge in [0, 0.05) is 6.42 Å². The molecule has 2 unspecified atom stereocenters. The molecule has 0 aliphatic carbocycles. The fraction of sp³-hybridized carbons (Fsp3) is 0.882. The first kappa shape index (κ1) is 24.1. The van der Waals surface area contributed by atoms with Crippen molar-refractivity contribution in [3.8, 4) is 0 Å². The fourth-order valence-electron chi connectivity index (χ4n) is 1.84.